The second-order valence-corrected chi connectivity index (χ2v) is 10.3. The summed E-state index contributed by atoms with van der Waals surface area (Å²) in [6.45, 7) is 11.1. The van der Waals surface area contributed by atoms with Gasteiger partial charge in [-0.2, -0.15) is 0 Å². The molecule has 0 saturated heterocycles. The number of hydrogen-bond acceptors (Lipinski definition) is 4. The number of carbonyl (C=O) groups excluding carboxylic acids is 3. The van der Waals surface area contributed by atoms with Crippen molar-refractivity contribution in [2.24, 2.45) is 5.92 Å². The molecule has 3 amide bonds. The molecule has 36 heavy (non-hydrogen) atoms. The number of amides is 3. The van der Waals surface area contributed by atoms with Crippen LogP contribution in [0.5, 0.6) is 0 Å². The predicted octanol–water partition coefficient (Wildman–Crippen LogP) is 5.05. The first-order valence-corrected chi connectivity index (χ1v) is 12.0. The average Bonchev–Trinajstić information content (AvgIpc) is 2.78. The van der Waals surface area contributed by atoms with Crippen LogP contribution in [0.15, 0.2) is 48.5 Å². The summed E-state index contributed by atoms with van der Waals surface area (Å²) in [5.41, 5.74) is 2.09. The Morgan fingerprint density at radius 1 is 1.06 bits per heavy atom. The fraction of sp³-hybridized carbons (Fsp3) is 0.414. The summed E-state index contributed by atoms with van der Waals surface area (Å²) >= 11 is 0. The molecule has 0 saturated carbocycles. The van der Waals surface area contributed by atoms with Gasteiger partial charge in [0.1, 0.15) is 17.7 Å². The van der Waals surface area contributed by atoms with E-state index in [1.165, 1.54) is 4.90 Å². The van der Waals surface area contributed by atoms with E-state index >= 15 is 0 Å². The number of nitrogens with one attached hydrogen (secondary N) is 2. The smallest absolute Gasteiger partial charge is 0.408 e. The van der Waals surface area contributed by atoms with Crippen molar-refractivity contribution in [3.8, 4) is 12.3 Å². The van der Waals surface area contributed by atoms with Gasteiger partial charge in [0.15, 0.2) is 0 Å². The van der Waals surface area contributed by atoms with Crippen LogP contribution in [-0.2, 0) is 14.3 Å². The van der Waals surface area contributed by atoms with Gasteiger partial charge in [0, 0.05) is 18.3 Å². The SMILES string of the molecule is C#Cc1ccc(C(C(=O)Nc2ccccc2C)N(C)C(=O)C(CC(C)C)NC(=O)OC(C)(C)C)cc1. The van der Waals surface area contributed by atoms with Crippen molar-refractivity contribution < 1.29 is 19.1 Å². The van der Waals surface area contributed by atoms with Gasteiger partial charge in [-0.25, -0.2) is 4.79 Å². The lowest BCUT2D eigenvalue weighted by Crippen LogP contribution is -2.51. The lowest BCUT2D eigenvalue weighted by Gasteiger charge is -2.32. The van der Waals surface area contributed by atoms with Crippen molar-refractivity contribution in [2.75, 3.05) is 12.4 Å². The molecule has 0 bridgehead atoms. The molecule has 0 radical (unpaired) electrons. The first-order chi connectivity index (χ1) is 16.8. The van der Waals surface area contributed by atoms with Gasteiger partial charge in [0.25, 0.3) is 5.91 Å². The summed E-state index contributed by atoms with van der Waals surface area (Å²) < 4.78 is 5.37. The van der Waals surface area contributed by atoms with Crippen LogP contribution >= 0.6 is 0 Å². The molecule has 2 rings (SSSR count). The summed E-state index contributed by atoms with van der Waals surface area (Å²) in [5, 5.41) is 5.64. The molecular formula is C29H37N3O4. The van der Waals surface area contributed by atoms with Crippen molar-refractivity contribution in [3.63, 3.8) is 0 Å². The number of ether oxygens (including phenoxy) is 1. The molecule has 0 aliphatic carbocycles. The highest BCUT2D eigenvalue weighted by Gasteiger charge is 2.34. The number of nitrogens with zero attached hydrogens (tertiary/aromatic N) is 1. The third kappa shape index (κ3) is 8.16. The van der Waals surface area contributed by atoms with Crippen LogP contribution < -0.4 is 10.6 Å². The van der Waals surface area contributed by atoms with Crippen LogP contribution in [-0.4, -0.2) is 41.5 Å². The monoisotopic (exact) mass is 491 g/mol. The molecule has 7 heteroatoms. The molecule has 0 heterocycles. The molecule has 0 fully saturated rings. The normalized spacial score (nSPS) is 12.8. The van der Waals surface area contributed by atoms with E-state index in [0.29, 0.717) is 23.2 Å². The zero-order chi connectivity index (χ0) is 27.0. The van der Waals surface area contributed by atoms with E-state index in [0.717, 1.165) is 5.56 Å². The topological polar surface area (TPSA) is 87.7 Å². The van der Waals surface area contributed by atoms with Gasteiger partial charge < -0.3 is 20.3 Å². The number of carbonyl (C=O) groups is 3. The quantitative estimate of drug-likeness (QED) is 0.506. The van der Waals surface area contributed by atoms with Gasteiger partial charge >= 0.3 is 6.09 Å². The van der Waals surface area contributed by atoms with Crippen molar-refractivity contribution in [3.05, 3.63) is 65.2 Å². The number of likely N-dealkylation sites (N-methyl/N-ethyl adjacent to an activating group) is 1. The Kier molecular flexibility index (Phi) is 9.68. The van der Waals surface area contributed by atoms with Gasteiger partial charge in [0.05, 0.1) is 0 Å². The number of anilines is 1. The van der Waals surface area contributed by atoms with Crippen LogP contribution in [0.2, 0.25) is 0 Å². The second-order valence-electron chi connectivity index (χ2n) is 10.3. The first kappa shape index (κ1) is 28.4. The van der Waals surface area contributed by atoms with Crippen molar-refractivity contribution >= 4 is 23.6 Å². The molecule has 0 aliphatic heterocycles. The predicted molar refractivity (Wildman–Crippen MR) is 142 cm³/mol. The number of hydrogen-bond donors (Lipinski definition) is 2. The Labute approximate surface area is 214 Å². The minimum absolute atomic E-state index is 0.108. The van der Waals surface area contributed by atoms with Gasteiger partial charge in [-0.1, -0.05) is 50.1 Å². The number of rotatable bonds is 8. The summed E-state index contributed by atoms with van der Waals surface area (Å²) in [7, 11) is 1.56. The van der Waals surface area contributed by atoms with Gasteiger partial charge in [-0.15, -0.1) is 6.42 Å². The molecule has 2 aromatic rings. The van der Waals surface area contributed by atoms with Crippen LogP contribution in [0.4, 0.5) is 10.5 Å². The third-order valence-corrected chi connectivity index (χ3v) is 5.48. The van der Waals surface area contributed by atoms with Gasteiger partial charge in [0.2, 0.25) is 5.91 Å². The Morgan fingerprint density at radius 2 is 1.67 bits per heavy atom. The molecule has 2 aromatic carbocycles. The maximum atomic E-state index is 13.7. The van der Waals surface area contributed by atoms with E-state index in [9.17, 15) is 14.4 Å². The maximum Gasteiger partial charge on any atom is 0.408 e. The largest absolute Gasteiger partial charge is 0.444 e. The van der Waals surface area contributed by atoms with E-state index in [1.54, 1.807) is 58.2 Å². The highest BCUT2D eigenvalue weighted by Crippen LogP contribution is 2.25. The molecule has 2 N–H and O–H groups in total. The molecule has 0 spiro atoms. The summed E-state index contributed by atoms with van der Waals surface area (Å²) in [6, 6.07) is 12.5. The Bertz CT molecular complexity index is 1110. The second kappa shape index (κ2) is 12.3. The van der Waals surface area contributed by atoms with Crippen molar-refractivity contribution in [1.29, 1.82) is 0 Å². The summed E-state index contributed by atoms with van der Waals surface area (Å²) in [6.07, 6.45) is 5.19. The highest BCUT2D eigenvalue weighted by molar-refractivity contribution is 5.99. The van der Waals surface area contributed by atoms with Crippen LogP contribution in [0.3, 0.4) is 0 Å². The summed E-state index contributed by atoms with van der Waals surface area (Å²) in [4.78, 5) is 41.1. The highest BCUT2D eigenvalue weighted by atomic mass is 16.6. The Morgan fingerprint density at radius 3 is 2.19 bits per heavy atom. The summed E-state index contributed by atoms with van der Waals surface area (Å²) in [5.74, 6) is 1.88. The minimum Gasteiger partial charge on any atom is -0.444 e. The van der Waals surface area contributed by atoms with Crippen LogP contribution in [0.25, 0.3) is 0 Å². The molecule has 7 nitrogen and oxygen atoms in total. The lowest BCUT2D eigenvalue weighted by molar-refractivity contribution is -0.139. The van der Waals surface area contributed by atoms with E-state index in [2.05, 4.69) is 16.6 Å². The third-order valence-electron chi connectivity index (χ3n) is 5.48. The molecule has 0 aromatic heterocycles. The fourth-order valence-corrected chi connectivity index (χ4v) is 3.74. The molecule has 192 valence electrons. The molecule has 2 unspecified atom stereocenters. The van der Waals surface area contributed by atoms with Gasteiger partial charge in [-0.3, -0.25) is 9.59 Å². The van der Waals surface area contributed by atoms with E-state index in [-0.39, 0.29) is 11.8 Å². The average molecular weight is 492 g/mol. The fourth-order valence-electron chi connectivity index (χ4n) is 3.74. The number of benzene rings is 2. The number of terminal acetylenes is 1. The zero-order valence-electron chi connectivity index (χ0n) is 22.2. The first-order valence-electron chi connectivity index (χ1n) is 12.0. The van der Waals surface area contributed by atoms with E-state index < -0.39 is 29.7 Å². The van der Waals surface area contributed by atoms with Crippen LogP contribution in [0.1, 0.15) is 63.8 Å². The maximum absolute atomic E-state index is 13.7. The zero-order valence-corrected chi connectivity index (χ0v) is 22.2. The number of aryl methyl sites for hydroxylation is 1. The molecule has 0 aliphatic rings. The van der Waals surface area contributed by atoms with E-state index in [1.807, 2.05) is 39.0 Å². The van der Waals surface area contributed by atoms with Gasteiger partial charge in [-0.05, 0) is 69.4 Å². The van der Waals surface area contributed by atoms with Crippen LogP contribution in [0, 0.1) is 25.2 Å². The Balaban J connectivity index is 2.41. The Hall–Kier alpha value is -3.79. The number of alkyl carbamates (subject to hydrolysis) is 1. The lowest BCUT2D eigenvalue weighted by atomic mass is 9.99. The standard InChI is InChI=1S/C29H37N3O4/c1-9-21-14-16-22(17-15-21)25(26(33)30-23-13-11-10-12-20(23)4)32(8)27(34)24(18-19(2)3)31-28(35)36-29(5,6)7/h1,10-17,19,24-25H,18H2,2-8H3,(H,30,33)(H,31,35). The molecular weight excluding hydrogens is 454 g/mol. The van der Waals surface area contributed by atoms with Crippen molar-refractivity contribution in [1.82, 2.24) is 10.2 Å². The van der Waals surface area contributed by atoms with E-state index in [4.69, 9.17) is 11.2 Å². The minimum atomic E-state index is -0.959. The van der Waals surface area contributed by atoms with Crippen molar-refractivity contribution in [2.45, 2.75) is 65.6 Å². The molecule has 2 atom stereocenters. The number of para-hydroxylation sites is 1.